The summed E-state index contributed by atoms with van der Waals surface area (Å²) in [4.78, 5) is 0. The van der Waals surface area contributed by atoms with Gasteiger partial charge in [0, 0.05) is 12.1 Å². The molecule has 0 bridgehead atoms. The third-order valence-electron chi connectivity index (χ3n) is 2.75. The van der Waals surface area contributed by atoms with E-state index in [0.717, 1.165) is 12.1 Å². The van der Waals surface area contributed by atoms with Crippen LogP contribution in [0.3, 0.4) is 0 Å². The molecule has 0 saturated carbocycles. The molecule has 21 heavy (non-hydrogen) atoms. The Morgan fingerprint density at radius 2 is 1.71 bits per heavy atom. The van der Waals surface area contributed by atoms with Gasteiger partial charge in [0.2, 0.25) is 0 Å². The molecule has 0 aliphatic rings. The van der Waals surface area contributed by atoms with Gasteiger partial charge in [0.05, 0.1) is 6.61 Å². The average molecular weight is 315 g/mol. The van der Waals surface area contributed by atoms with Crippen LogP contribution in [0.4, 0.5) is 26.3 Å². The van der Waals surface area contributed by atoms with E-state index in [0.29, 0.717) is 11.6 Å². The van der Waals surface area contributed by atoms with Crippen molar-refractivity contribution in [3.05, 3.63) is 35.4 Å². The largest absolute Gasteiger partial charge is 0.373 e. The molecular formula is C13H15F6NO. The third-order valence-corrected chi connectivity index (χ3v) is 2.75. The van der Waals surface area contributed by atoms with Crippen LogP contribution < -0.4 is 5.32 Å². The molecule has 0 heterocycles. The van der Waals surface area contributed by atoms with Crippen LogP contribution in [0, 0.1) is 11.6 Å². The monoisotopic (exact) mass is 315 g/mol. The zero-order valence-electron chi connectivity index (χ0n) is 11.2. The smallest absolute Gasteiger partial charge is 0.330 e. The van der Waals surface area contributed by atoms with E-state index in [1.165, 1.54) is 7.05 Å². The van der Waals surface area contributed by atoms with E-state index in [1.54, 1.807) is 0 Å². The number of alkyl halides is 4. The molecule has 0 aliphatic carbocycles. The van der Waals surface area contributed by atoms with Crippen molar-refractivity contribution in [1.82, 2.24) is 5.32 Å². The van der Waals surface area contributed by atoms with Gasteiger partial charge in [0.15, 0.2) is 0 Å². The van der Waals surface area contributed by atoms with Crippen LogP contribution in [0.1, 0.15) is 5.56 Å². The Labute approximate surface area is 118 Å². The van der Waals surface area contributed by atoms with Gasteiger partial charge in [-0.3, -0.25) is 0 Å². The Morgan fingerprint density at radius 3 is 2.19 bits per heavy atom. The second kappa shape index (κ2) is 7.65. The number of ether oxygens (including phenoxy) is 1. The van der Waals surface area contributed by atoms with Crippen molar-refractivity contribution in [1.29, 1.82) is 0 Å². The fourth-order valence-electron chi connectivity index (χ4n) is 1.66. The first-order valence-electron chi connectivity index (χ1n) is 6.10. The Bertz CT molecular complexity index is 434. The van der Waals surface area contributed by atoms with Gasteiger partial charge in [-0.25, -0.2) is 17.6 Å². The predicted octanol–water partition coefficient (Wildman–Crippen LogP) is 3.01. The lowest BCUT2D eigenvalue weighted by Gasteiger charge is -2.19. The van der Waals surface area contributed by atoms with Crippen molar-refractivity contribution < 1.29 is 31.1 Å². The molecule has 0 aliphatic heterocycles. The highest BCUT2D eigenvalue weighted by molar-refractivity contribution is 5.19. The molecule has 120 valence electrons. The molecule has 8 heteroatoms. The number of benzene rings is 1. The summed E-state index contributed by atoms with van der Waals surface area (Å²) >= 11 is 0. The van der Waals surface area contributed by atoms with Gasteiger partial charge in [-0.15, -0.1) is 0 Å². The van der Waals surface area contributed by atoms with Crippen LogP contribution in [0.2, 0.25) is 0 Å². The molecule has 0 aromatic heterocycles. The van der Waals surface area contributed by atoms with Crippen LogP contribution in [0.5, 0.6) is 0 Å². The first kappa shape index (κ1) is 17.8. The highest BCUT2D eigenvalue weighted by atomic mass is 19.3. The van der Waals surface area contributed by atoms with Crippen molar-refractivity contribution in [3.8, 4) is 0 Å². The lowest BCUT2D eigenvalue weighted by Crippen LogP contribution is -2.37. The quantitative estimate of drug-likeness (QED) is 0.745. The van der Waals surface area contributed by atoms with Crippen LogP contribution in [0.15, 0.2) is 18.2 Å². The van der Waals surface area contributed by atoms with Crippen LogP contribution >= 0.6 is 0 Å². The number of halogens is 6. The molecule has 0 radical (unpaired) electrons. The van der Waals surface area contributed by atoms with Crippen molar-refractivity contribution in [2.45, 2.75) is 24.8 Å². The van der Waals surface area contributed by atoms with Gasteiger partial charge in [-0.1, -0.05) is 0 Å². The highest BCUT2D eigenvalue weighted by Crippen LogP contribution is 2.23. The standard InChI is InChI=1S/C13H15F6NO/c1-20-11(6-21-7-13(18,19)12(16)17)4-8-2-9(14)5-10(15)3-8/h2-3,5,11-12,20H,4,6-7H2,1H3. The van der Waals surface area contributed by atoms with Crippen molar-refractivity contribution >= 4 is 0 Å². The molecule has 0 amide bonds. The third kappa shape index (κ3) is 5.92. The number of likely N-dealkylation sites (N-methyl/N-ethyl adjacent to an activating group) is 1. The Balaban J connectivity index is 2.52. The molecule has 1 unspecified atom stereocenters. The molecule has 0 spiro atoms. The lowest BCUT2D eigenvalue weighted by molar-refractivity contribution is -0.166. The van der Waals surface area contributed by atoms with Gasteiger partial charge in [-0.2, -0.15) is 8.78 Å². The summed E-state index contributed by atoms with van der Waals surface area (Å²) in [5.41, 5.74) is 0.302. The van der Waals surface area contributed by atoms with E-state index in [-0.39, 0.29) is 13.0 Å². The zero-order chi connectivity index (χ0) is 16.0. The van der Waals surface area contributed by atoms with E-state index in [9.17, 15) is 26.3 Å². The zero-order valence-corrected chi connectivity index (χ0v) is 11.2. The molecule has 1 N–H and O–H groups in total. The van der Waals surface area contributed by atoms with Crippen molar-refractivity contribution in [3.63, 3.8) is 0 Å². The van der Waals surface area contributed by atoms with E-state index in [1.807, 2.05) is 0 Å². The predicted molar refractivity (Wildman–Crippen MR) is 64.7 cm³/mol. The Morgan fingerprint density at radius 1 is 1.14 bits per heavy atom. The summed E-state index contributed by atoms with van der Waals surface area (Å²) in [6, 6.07) is 2.36. The average Bonchev–Trinajstić information content (AvgIpc) is 2.35. The number of hydrogen-bond acceptors (Lipinski definition) is 2. The molecule has 0 fully saturated rings. The first-order chi connectivity index (χ1) is 9.74. The molecule has 0 saturated heterocycles. The minimum absolute atomic E-state index is 0.103. The molecule has 2 nitrogen and oxygen atoms in total. The van der Waals surface area contributed by atoms with Gasteiger partial charge >= 0.3 is 12.3 Å². The van der Waals surface area contributed by atoms with Crippen molar-refractivity contribution in [2.24, 2.45) is 0 Å². The van der Waals surface area contributed by atoms with E-state index < -0.39 is 36.6 Å². The molecule has 1 aromatic carbocycles. The van der Waals surface area contributed by atoms with Gasteiger partial charge in [0.1, 0.15) is 18.2 Å². The minimum Gasteiger partial charge on any atom is -0.373 e. The van der Waals surface area contributed by atoms with Gasteiger partial charge in [0.25, 0.3) is 0 Å². The summed E-state index contributed by atoms with van der Waals surface area (Å²) in [6.07, 6.45) is -3.70. The van der Waals surface area contributed by atoms with Crippen LogP contribution in [-0.4, -0.2) is 38.7 Å². The second-order valence-electron chi connectivity index (χ2n) is 4.54. The Hall–Kier alpha value is -1.28. The van der Waals surface area contributed by atoms with Gasteiger partial charge < -0.3 is 10.1 Å². The maximum absolute atomic E-state index is 13.0. The summed E-state index contributed by atoms with van der Waals surface area (Å²) < 4.78 is 79.7. The maximum atomic E-state index is 13.0. The molecule has 1 atom stereocenters. The van der Waals surface area contributed by atoms with Crippen LogP contribution in [-0.2, 0) is 11.2 Å². The number of hydrogen-bond donors (Lipinski definition) is 1. The molecule has 1 aromatic rings. The number of rotatable bonds is 8. The maximum Gasteiger partial charge on any atom is 0.330 e. The normalized spacial score (nSPS) is 13.7. The van der Waals surface area contributed by atoms with E-state index >= 15 is 0 Å². The number of nitrogens with one attached hydrogen (secondary N) is 1. The minimum atomic E-state index is -4.22. The molecule has 1 rings (SSSR count). The fourth-order valence-corrected chi connectivity index (χ4v) is 1.66. The summed E-state index contributed by atoms with van der Waals surface area (Å²) in [6.45, 7) is -1.71. The van der Waals surface area contributed by atoms with Crippen LogP contribution in [0.25, 0.3) is 0 Å². The topological polar surface area (TPSA) is 21.3 Å². The summed E-state index contributed by atoms with van der Waals surface area (Å²) in [5, 5.41) is 2.70. The fraction of sp³-hybridized carbons (Fsp3) is 0.538. The SMILES string of the molecule is CNC(COCC(F)(F)C(F)F)Cc1cc(F)cc(F)c1. The lowest BCUT2D eigenvalue weighted by atomic mass is 10.1. The highest BCUT2D eigenvalue weighted by Gasteiger charge is 2.41. The van der Waals surface area contributed by atoms with E-state index in [4.69, 9.17) is 0 Å². The summed E-state index contributed by atoms with van der Waals surface area (Å²) in [5.74, 6) is -5.74. The molecular weight excluding hydrogens is 300 g/mol. The first-order valence-corrected chi connectivity index (χ1v) is 6.10. The van der Waals surface area contributed by atoms with E-state index in [2.05, 4.69) is 10.1 Å². The second-order valence-corrected chi connectivity index (χ2v) is 4.54. The van der Waals surface area contributed by atoms with Crippen molar-refractivity contribution in [2.75, 3.05) is 20.3 Å². The Kier molecular flexibility index (Phi) is 6.47. The summed E-state index contributed by atoms with van der Waals surface area (Å²) in [7, 11) is 1.49. The van der Waals surface area contributed by atoms with Gasteiger partial charge in [-0.05, 0) is 31.2 Å².